The van der Waals surface area contributed by atoms with E-state index in [1.54, 1.807) is 48.5 Å². The van der Waals surface area contributed by atoms with Gasteiger partial charge in [-0.2, -0.15) is 0 Å². The molecule has 1 fully saturated rings. The van der Waals surface area contributed by atoms with Gasteiger partial charge in [0, 0.05) is 13.0 Å². The largest absolute Gasteiger partial charge is 0.469 e. The number of unbranched alkanes of at least 4 members (excludes halogenated alkanes) is 2. The fourth-order valence-electron chi connectivity index (χ4n) is 5.24. The van der Waals surface area contributed by atoms with Crippen molar-refractivity contribution in [1.82, 2.24) is 0 Å². The number of aliphatic hydroxyl groups excluding tert-OH is 1. The topological polar surface area (TPSA) is 128 Å². The molecule has 276 valence electrons. The molecule has 2 aromatic carbocycles. The molecule has 0 aliphatic carbocycles. The summed E-state index contributed by atoms with van der Waals surface area (Å²) in [5, 5.41) is 12.3. The zero-order chi connectivity index (χ0) is 36.5. The van der Waals surface area contributed by atoms with Crippen molar-refractivity contribution in [2.45, 2.75) is 121 Å². The lowest BCUT2D eigenvalue weighted by Gasteiger charge is -2.51. The monoisotopic (exact) mass is 756 g/mol. The lowest BCUT2D eigenvalue weighted by Crippen LogP contribution is -2.67. The Hall–Kier alpha value is -1.85. The van der Waals surface area contributed by atoms with Gasteiger partial charge in [0.25, 0.3) is 0 Å². The van der Waals surface area contributed by atoms with Gasteiger partial charge in [0.05, 0.1) is 7.11 Å². The van der Waals surface area contributed by atoms with E-state index < -0.39 is 69.1 Å². The maximum absolute atomic E-state index is 14.9. The molecule has 0 radical (unpaired) electrons. The van der Waals surface area contributed by atoms with Gasteiger partial charge in [0.2, 0.25) is 5.85 Å². The van der Waals surface area contributed by atoms with E-state index in [9.17, 15) is 14.5 Å². The Labute approximate surface area is 295 Å². The van der Waals surface area contributed by atoms with Gasteiger partial charge in [-0.25, -0.2) is 4.57 Å². The van der Waals surface area contributed by atoms with Crippen LogP contribution in [-0.2, 0) is 36.8 Å². The SMILES string of the molecule is COC(=O)CCCCCO[C@H]1O[C@H](C(O)P(=O)(Oc2ccccc2)Oc2ccccc2)[C@@H](O[Si](C)(C)C)[C@H](O[Si](C)(C)C)[C@@H]1O[Si](C)(C)C. The molecule has 1 unspecified atom stereocenters. The number of rotatable bonds is 19. The zero-order valence-corrected chi connectivity index (χ0v) is 34.6. The van der Waals surface area contributed by atoms with Crippen molar-refractivity contribution >= 4 is 38.5 Å². The Balaban J connectivity index is 2.08. The summed E-state index contributed by atoms with van der Waals surface area (Å²) in [5.41, 5.74) is 0. The number of esters is 1. The van der Waals surface area contributed by atoms with Crippen LogP contribution in [0.3, 0.4) is 0 Å². The predicted molar refractivity (Wildman–Crippen MR) is 198 cm³/mol. The van der Waals surface area contributed by atoms with E-state index in [2.05, 4.69) is 39.3 Å². The van der Waals surface area contributed by atoms with Crippen molar-refractivity contribution in [2.75, 3.05) is 13.7 Å². The first-order valence-electron chi connectivity index (χ1n) is 16.9. The van der Waals surface area contributed by atoms with Crippen LogP contribution in [0.25, 0.3) is 0 Å². The zero-order valence-electron chi connectivity index (χ0n) is 30.8. The molecular formula is C34H57O11PSi3. The van der Waals surface area contributed by atoms with Crippen LogP contribution >= 0.6 is 7.60 Å². The second-order valence-electron chi connectivity index (χ2n) is 15.1. The molecule has 0 spiro atoms. The number of para-hydroxylation sites is 2. The van der Waals surface area contributed by atoms with E-state index in [1.807, 2.05) is 31.8 Å². The highest BCUT2D eigenvalue weighted by Crippen LogP contribution is 2.55. The first-order valence-corrected chi connectivity index (χ1v) is 28.8. The summed E-state index contributed by atoms with van der Waals surface area (Å²) in [6.45, 7) is 18.8. The summed E-state index contributed by atoms with van der Waals surface area (Å²) >= 11 is 0. The first kappa shape index (κ1) is 41.6. The molecule has 1 heterocycles. The lowest BCUT2D eigenvalue weighted by atomic mass is 9.99. The number of carbonyl (C=O) groups excluding carboxylic acids is 1. The third-order valence-corrected chi connectivity index (χ3v) is 11.9. The third kappa shape index (κ3) is 14.0. The van der Waals surface area contributed by atoms with Crippen LogP contribution in [0.4, 0.5) is 0 Å². The van der Waals surface area contributed by atoms with Gasteiger partial charge >= 0.3 is 13.6 Å². The van der Waals surface area contributed by atoms with E-state index >= 15 is 0 Å². The van der Waals surface area contributed by atoms with Gasteiger partial charge in [-0.05, 0) is 96.0 Å². The molecule has 1 N–H and O–H groups in total. The van der Waals surface area contributed by atoms with Crippen molar-refractivity contribution in [2.24, 2.45) is 0 Å². The fraction of sp³-hybridized carbons (Fsp3) is 0.618. The van der Waals surface area contributed by atoms with E-state index in [-0.39, 0.29) is 24.1 Å². The molecule has 1 aliphatic rings. The molecule has 15 heteroatoms. The highest BCUT2D eigenvalue weighted by molar-refractivity contribution is 7.55. The van der Waals surface area contributed by atoms with Crippen molar-refractivity contribution in [3.05, 3.63) is 60.7 Å². The van der Waals surface area contributed by atoms with Crippen LogP contribution in [-0.4, -0.2) is 86.3 Å². The minimum absolute atomic E-state index is 0.253. The Morgan fingerprint density at radius 1 is 0.735 bits per heavy atom. The number of methoxy groups -OCH3 is 1. The normalized spacial score (nSPS) is 22.7. The number of hydrogen-bond donors (Lipinski definition) is 1. The highest BCUT2D eigenvalue weighted by atomic mass is 31.2. The van der Waals surface area contributed by atoms with Crippen molar-refractivity contribution in [3.8, 4) is 11.5 Å². The molecule has 0 aromatic heterocycles. The number of ether oxygens (including phenoxy) is 3. The second kappa shape index (κ2) is 18.1. The summed E-state index contributed by atoms with van der Waals surface area (Å²) in [4.78, 5) is 11.6. The summed E-state index contributed by atoms with van der Waals surface area (Å²) in [6, 6.07) is 17.2. The van der Waals surface area contributed by atoms with Crippen LogP contribution in [0, 0.1) is 0 Å². The van der Waals surface area contributed by atoms with Crippen molar-refractivity contribution < 1.29 is 51.0 Å². The van der Waals surface area contributed by atoms with Crippen LogP contribution in [0.5, 0.6) is 11.5 Å². The standard InChI is InChI=1S/C34H57O11PSi3/c1-38-28(35)24-18-13-19-25-39-34-32(45-49(8,9)10)30(44-48(5,6)7)29(43-47(2,3)4)31(40-34)33(36)46(37,41-26-20-14-11-15-21-26)42-27-22-16-12-17-23-27/h11-12,14-17,20-23,29-34,36H,13,18-19,24-25H2,1-10H3/t29-,30-,31-,32-,33?,34-/m0/s1. The Bertz CT molecular complexity index is 1290. The predicted octanol–water partition coefficient (Wildman–Crippen LogP) is 7.79. The molecule has 1 aliphatic heterocycles. The molecule has 1 saturated heterocycles. The highest BCUT2D eigenvalue weighted by Gasteiger charge is 2.58. The average Bonchev–Trinajstić information content (AvgIpc) is 2.99. The smallest absolute Gasteiger partial charge is 0.461 e. The maximum atomic E-state index is 14.9. The van der Waals surface area contributed by atoms with E-state index in [0.717, 1.165) is 6.42 Å². The maximum Gasteiger partial charge on any atom is 0.461 e. The molecule has 3 rings (SSSR count). The number of hydrogen-bond acceptors (Lipinski definition) is 11. The quantitative estimate of drug-likeness (QED) is 0.0653. The molecule has 11 nitrogen and oxygen atoms in total. The molecule has 6 atom stereocenters. The molecule has 49 heavy (non-hydrogen) atoms. The lowest BCUT2D eigenvalue weighted by molar-refractivity contribution is -0.295. The summed E-state index contributed by atoms with van der Waals surface area (Å²) in [6.07, 6.45) is -2.24. The Morgan fingerprint density at radius 2 is 1.20 bits per heavy atom. The second-order valence-corrected chi connectivity index (χ2v) is 30.4. The van der Waals surface area contributed by atoms with Crippen molar-refractivity contribution in [3.63, 3.8) is 0 Å². The van der Waals surface area contributed by atoms with Gasteiger partial charge < -0.3 is 41.6 Å². The van der Waals surface area contributed by atoms with Gasteiger partial charge in [-0.15, -0.1) is 0 Å². The van der Waals surface area contributed by atoms with Gasteiger partial charge in [0.15, 0.2) is 31.2 Å². The molecule has 2 aromatic rings. The van der Waals surface area contributed by atoms with Crippen LogP contribution in [0.1, 0.15) is 25.7 Å². The Morgan fingerprint density at radius 3 is 1.67 bits per heavy atom. The van der Waals surface area contributed by atoms with Crippen molar-refractivity contribution in [1.29, 1.82) is 0 Å². The van der Waals surface area contributed by atoms with Crippen LogP contribution in [0.15, 0.2) is 60.7 Å². The third-order valence-electron chi connectivity index (χ3n) is 7.10. The van der Waals surface area contributed by atoms with Gasteiger partial charge in [0.1, 0.15) is 35.9 Å². The number of aliphatic hydroxyl groups is 1. The van der Waals surface area contributed by atoms with Crippen LogP contribution < -0.4 is 9.05 Å². The average molecular weight is 757 g/mol. The van der Waals surface area contributed by atoms with E-state index in [4.69, 9.17) is 36.5 Å². The van der Waals surface area contributed by atoms with Gasteiger partial charge in [-0.1, -0.05) is 42.8 Å². The molecule has 0 saturated carbocycles. The fourth-order valence-corrected chi connectivity index (χ4v) is 10.2. The Kier molecular flexibility index (Phi) is 15.3. The van der Waals surface area contributed by atoms with Crippen LogP contribution in [0.2, 0.25) is 58.9 Å². The first-order chi connectivity index (χ1) is 22.8. The van der Waals surface area contributed by atoms with E-state index in [0.29, 0.717) is 19.3 Å². The molecular weight excluding hydrogens is 700 g/mol. The van der Waals surface area contributed by atoms with E-state index in [1.165, 1.54) is 7.11 Å². The molecule has 0 amide bonds. The summed E-state index contributed by atoms with van der Waals surface area (Å²) < 4.78 is 65.3. The number of carbonyl (C=O) groups is 1. The number of benzene rings is 2. The minimum Gasteiger partial charge on any atom is -0.469 e. The molecule has 0 bridgehead atoms. The summed E-state index contributed by atoms with van der Waals surface area (Å²) in [5.74, 6) is -1.56. The summed E-state index contributed by atoms with van der Waals surface area (Å²) in [7, 11) is -9.99. The van der Waals surface area contributed by atoms with Gasteiger partial charge in [-0.3, -0.25) is 4.79 Å². The minimum atomic E-state index is -4.45.